The normalized spacial score (nSPS) is 11.7. The van der Waals surface area contributed by atoms with E-state index in [1.165, 1.54) is 6.92 Å². The van der Waals surface area contributed by atoms with Crippen LogP contribution in [0.25, 0.3) is 11.0 Å². The number of halogens is 7. The summed E-state index contributed by atoms with van der Waals surface area (Å²) in [4.78, 5) is 16.1. The second kappa shape index (κ2) is 8.34. The Kier molecular flexibility index (Phi) is 6.22. The fourth-order valence-electron chi connectivity index (χ4n) is 2.78. The number of alkyl halides is 4. The number of hydrogen-bond acceptors (Lipinski definition) is 3. The van der Waals surface area contributed by atoms with Gasteiger partial charge in [-0.25, -0.2) is 31.6 Å². The first-order chi connectivity index (χ1) is 13.6. The zero-order valence-corrected chi connectivity index (χ0v) is 17.7. The summed E-state index contributed by atoms with van der Waals surface area (Å²) in [5.74, 6) is -1.19. The molecule has 1 aromatic carbocycles. The van der Waals surface area contributed by atoms with E-state index in [4.69, 9.17) is 0 Å². The van der Waals surface area contributed by atoms with Gasteiger partial charge in [0.1, 0.15) is 18.1 Å². The molecule has 0 aliphatic heterocycles. The number of fused-ring (bicyclic) bond motifs is 1. The number of aromatic nitrogens is 3. The Morgan fingerprint density at radius 3 is 2.31 bits per heavy atom. The topological polar surface area (TPSA) is 59.8 Å². The van der Waals surface area contributed by atoms with E-state index in [1.54, 1.807) is 0 Å². The highest BCUT2D eigenvalue weighted by atomic mass is 79.9. The Morgan fingerprint density at radius 2 is 1.76 bits per heavy atom. The molecular formula is C17H11Br2F5N4O. The van der Waals surface area contributed by atoms with E-state index >= 15 is 0 Å². The summed E-state index contributed by atoms with van der Waals surface area (Å²) in [6.45, 7) is 0.933. The molecule has 0 spiro atoms. The third-order valence-corrected chi connectivity index (χ3v) is 5.20. The van der Waals surface area contributed by atoms with Crippen LogP contribution in [0.3, 0.4) is 0 Å². The molecule has 0 saturated heterocycles. The van der Waals surface area contributed by atoms with Crippen molar-refractivity contribution in [3.8, 4) is 0 Å². The maximum absolute atomic E-state index is 13.4. The third-order valence-electron chi connectivity index (χ3n) is 3.95. The first-order valence-electron chi connectivity index (χ1n) is 7.97. The molecule has 0 aliphatic carbocycles. The number of nitrogens with zero attached hydrogens (tertiary/aromatic N) is 3. The summed E-state index contributed by atoms with van der Waals surface area (Å²) in [7, 11) is 0. The summed E-state index contributed by atoms with van der Waals surface area (Å²) in [5, 5.41) is 6.44. The van der Waals surface area contributed by atoms with Gasteiger partial charge in [0, 0.05) is 14.5 Å². The van der Waals surface area contributed by atoms with E-state index in [1.807, 2.05) is 0 Å². The van der Waals surface area contributed by atoms with Gasteiger partial charge in [-0.1, -0.05) is 0 Å². The van der Waals surface area contributed by atoms with Crippen molar-refractivity contribution in [2.45, 2.75) is 26.3 Å². The first-order valence-corrected chi connectivity index (χ1v) is 9.55. The number of rotatable bonds is 5. The van der Waals surface area contributed by atoms with Crippen molar-refractivity contribution in [3.05, 3.63) is 49.9 Å². The second-order valence-corrected chi connectivity index (χ2v) is 7.68. The lowest BCUT2D eigenvalue weighted by Crippen LogP contribution is -2.20. The predicted molar refractivity (Wildman–Crippen MR) is 103 cm³/mol. The fraction of sp³-hybridized carbons (Fsp3) is 0.235. The molecule has 154 valence electrons. The van der Waals surface area contributed by atoms with Crippen molar-refractivity contribution in [2.24, 2.45) is 0 Å². The molecule has 3 rings (SSSR count). The van der Waals surface area contributed by atoms with Crippen molar-refractivity contribution >= 4 is 54.5 Å². The number of benzene rings is 1. The summed E-state index contributed by atoms with van der Waals surface area (Å²) in [5.41, 5.74) is -1.35. The van der Waals surface area contributed by atoms with Crippen molar-refractivity contribution in [1.29, 1.82) is 0 Å². The third kappa shape index (κ3) is 4.42. The van der Waals surface area contributed by atoms with Crippen LogP contribution in [-0.2, 0) is 11.3 Å². The lowest BCUT2D eigenvalue weighted by Gasteiger charge is -2.11. The highest BCUT2D eigenvalue weighted by Crippen LogP contribution is 2.34. The molecule has 5 nitrogen and oxygen atoms in total. The summed E-state index contributed by atoms with van der Waals surface area (Å²) in [6, 6.07) is 2.92. The standard InChI is InChI=1S/C17H11Br2F5N4O/c1-6-13-8(15(21)22)4-11(16(23)24)25-17(13)28(27-6)5-12(29)26-14-9(18)2-7(20)3-10(14)19/h2-4,15-16H,5H2,1H3,(H,26,29). The van der Waals surface area contributed by atoms with Crippen molar-refractivity contribution < 1.29 is 26.7 Å². The van der Waals surface area contributed by atoms with Gasteiger partial charge < -0.3 is 5.32 Å². The molecule has 3 aromatic rings. The van der Waals surface area contributed by atoms with Crippen molar-refractivity contribution in [2.75, 3.05) is 5.32 Å². The van der Waals surface area contributed by atoms with Gasteiger partial charge in [-0.05, 0) is 57.0 Å². The maximum Gasteiger partial charge on any atom is 0.280 e. The van der Waals surface area contributed by atoms with E-state index in [0.717, 1.165) is 16.8 Å². The lowest BCUT2D eigenvalue weighted by atomic mass is 10.1. The quantitative estimate of drug-likeness (QED) is 0.408. The van der Waals surface area contributed by atoms with Crippen LogP contribution in [0.5, 0.6) is 0 Å². The highest BCUT2D eigenvalue weighted by Gasteiger charge is 2.24. The Morgan fingerprint density at radius 1 is 1.14 bits per heavy atom. The molecule has 0 fully saturated rings. The van der Waals surface area contributed by atoms with Gasteiger partial charge in [0.05, 0.1) is 16.8 Å². The molecule has 1 N–H and O–H groups in total. The van der Waals surface area contributed by atoms with E-state index in [0.29, 0.717) is 6.07 Å². The van der Waals surface area contributed by atoms with Crippen LogP contribution in [0.1, 0.15) is 29.8 Å². The van der Waals surface area contributed by atoms with Gasteiger partial charge in [0.25, 0.3) is 12.9 Å². The van der Waals surface area contributed by atoms with E-state index in [-0.39, 0.29) is 31.4 Å². The fourth-order valence-corrected chi connectivity index (χ4v) is 4.11. The largest absolute Gasteiger partial charge is 0.323 e. The lowest BCUT2D eigenvalue weighted by molar-refractivity contribution is -0.116. The molecule has 0 atom stereocenters. The average Bonchev–Trinajstić information content (AvgIpc) is 2.93. The molecule has 0 saturated carbocycles. The van der Waals surface area contributed by atoms with E-state index in [2.05, 4.69) is 47.3 Å². The zero-order chi connectivity index (χ0) is 21.5. The van der Waals surface area contributed by atoms with E-state index in [9.17, 15) is 26.7 Å². The predicted octanol–water partition coefficient (Wildman–Crippen LogP) is 5.92. The molecule has 1 amide bonds. The average molecular weight is 542 g/mol. The van der Waals surface area contributed by atoms with Crippen molar-refractivity contribution in [1.82, 2.24) is 14.8 Å². The monoisotopic (exact) mass is 540 g/mol. The Bertz CT molecular complexity index is 1080. The zero-order valence-electron chi connectivity index (χ0n) is 14.5. The van der Waals surface area contributed by atoms with Crippen LogP contribution in [0, 0.1) is 12.7 Å². The van der Waals surface area contributed by atoms with Crippen LogP contribution in [0.15, 0.2) is 27.1 Å². The molecule has 29 heavy (non-hydrogen) atoms. The molecule has 0 unspecified atom stereocenters. The van der Waals surface area contributed by atoms with Gasteiger partial charge in [0.2, 0.25) is 5.91 Å². The molecule has 2 heterocycles. The smallest absolute Gasteiger partial charge is 0.280 e. The maximum atomic E-state index is 13.4. The van der Waals surface area contributed by atoms with Gasteiger partial charge in [-0.3, -0.25) is 4.79 Å². The number of hydrogen-bond donors (Lipinski definition) is 1. The minimum Gasteiger partial charge on any atom is -0.323 e. The van der Waals surface area contributed by atoms with Crippen LogP contribution in [0.4, 0.5) is 27.6 Å². The molecule has 0 radical (unpaired) electrons. The van der Waals surface area contributed by atoms with Gasteiger partial charge >= 0.3 is 0 Å². The molecule has 12 heteroatoms. The number of nitrogens with one attached hydrogen (secondary N) is 1. The SMILES string of the molecule is Cc1nn(CC(=O)Nc2c(Br)cc(F)cc2Br)c2nc(C(F)F)cc(C(F)F)c12. The Labute approximate surface area is 177 Å². The summed E-state index contributed by atoms with van der Waals surface area (Å²) >= 11 is 6.24. The van der Waals surface area contributed by atoms with Crippen molar-refractivity contribution in [3.63, 3.8) is 0 Å². The summed E-state index contributed by atoms with van der Waals surface area (Å²) in [6.07, 6.45) is -6.09. The molecule has 0 aliphatic rings. The first kappa shape index (κ1) is 21.6. The molecule has 2 aromatic heterocycles. The number of carbonyl (C=O) groups excluding carboxylic acids is 1. The second-order valence-electron chi connectivity index (χ2n) is 5.97. The molecular weight excluding hydrogens is 531 g/mol. The number of amides is 1. The minimum atomic E-state index is -3.07. The Balaban J connectivity index is 1.99. The van der Waals surface area contributed by atoms with Crippen LogP contribution >= 0.6 is 31.9 Å². The number of aryl methyl sites for hydroxylation is 1. The molecule has 0 bridgehead atoms. The van der Waals surface area contributed by atoms with Crippen LogP contribution in [-0.4, -0.2) is 20.7 Å². The number of carbonyl (C=O) groups is 1. The number of anilines is 1. The minimum absolute atomic E-state index is 0.0821. The Hall–Kier alpha value is -2.08. The highest BCUT2D eigenvalue weighted by molar-refractivity contribution is 9.11. The van der Waals surface area contributed by atoms with Crippen LogP contribution < -0.4 is 5.32 Å². The van der Waals surface area contributed by atoms with E-state index < -0.39 is 42.4 Å². The number of pyridine rings is 1. The van der Waals surface area contributed by atoms with Gasteiger partial charge in [-0.2, -0.15) is 5.10 Å². The summed E-state index contributed by atoms with van der Waals surface area (Å²) < 4.78 is 67.8. The van der Waals surface area contributed by atoms with Crippen LogP contribution in [0.2, 0.25) is 0 Å². The van der Waals surface area contributed by atoms with Gasteiger partial charge in [0.15, 0.2) is 5.65 Å². The van der Waals surface area contributed by atoms with Gasteiger partial charge in [-0.15, -0.1) is 0 Å².